The van der Waals surface area contributed by atoms with Gasteiger partial charge in [0, 0.05) is 31.3 Å². The van der Waals surface area contributed by atoms with Crippen LogP contribution in [0.1, 0.15) is 34.6 Å². The van der Waals surface area contributed by atoms with Crippen LogP contribution >= 0.6 is 24.0 Å². The molecule has 1 aromatic heterocycles. The van der Waals surface area contributed by atoms with Gasteiger partial charge in [-0.1, -0.05) is 17.3 Å². The highest BCUT2D eigenvalue weighted by Gasteiger charge is 2.28. The lowest BCUT2D eigenvalue weighted by molar-refractivity contribution is -0.153. The van der Waals surface area contributed by atoms with Crippen LogP contribution in [0.25, 0.3) is 0 Å². The van der Waals surface area contributed by atoms with E-state index in [1.54, 1.807) is 26.1 Å². The Labute approximate surface area is 191 Å². The van der Waals surface area contributed by atoms with E-state index in [4.69, 9.17) is 9.26 Å². The monoisotopic (exact) mass is 540 g/mol. The van der Waals surface area contributed by atoms with Gasteiger partial charge in [-0.25, -0.2) is 0 Å². The van der Waals surface area contributed by atoms with Crippen LogP contribution in [0.15, 0.2) is 27.7 Å². The standard InChI is InChI=1S/C20H27F3N4O2.HI/c1-13-7-8-16(18(10-13)28-12-20(21,22)23)11-26-19(24-4)25-9-5-6-17-14(2)27-29-15(17)3;/h7-8,10H,5-6,9,11-12H2,1-4H3,(H2,24,25,26);1H. The molecule has 0 atom stereocenters. The van der Waals surface area contributed by atoms with Crippen LogP contribution in [0.5, 0.6) is 5.75 Å². The first-order valence-electron chi connectivity index (χ1n) is 9.35. The number of alkyl halides is 3. The van der Waals surface area contributed by atoms with Gasteiger partial charge in [0.15, 0.2) is 12.6 Å². The molecule has 0 aliphatic rings. The van der Waals surface area contributed by atoms with Crippen molar-refractivity contribution in [2.75, 3.05) is 20.2 Å². The molecule has 0 saturated heterocycles. The number of nitrogens with one attached hydrogen (secondary N) is 2. The van der Waals surface area contributed by atoms with Crippen molar-refractivity contribution in [1.82, 2.24) is 15.8 Å². The minimum Gasteiger partial charge on any atom is -0.484 e. The van der Waals surface area contributed by atoms with Crippen molar-refractivity contribution in [3.05, 3.63) is 46.3 Å². The van der Waals surface area contributed by atoms with Crippen molar-refractivity contribution in [1.29, 1.82) is 0 Å². The van der Waals surface area contributed by atoms with Crippen LogP contribution in [0.2, 0.25) is 0 Å². The Kier molecular flexibility index (Phi) is 10.4. The number of benzene rings is 1. The van der Waals surface area contributed by atoms with Crippen molar-refractivity contribution in [3.63, 3.8) is 0 Å². The highest BCUT2D eigenvalue weighted by molar-refractivity contribution is 14.0. The van der Waals surface area contributed by atoms with E-state index in [0.717, 1.165) is 35.4 Å². The van der Waals surface area contributed by atoms with Crippen LogP contribution in [0, 0.1) is 20.8 Å². The van der Waals surface area contributed by atoms with E-state index in [0.29, 0.717) is 18.1 Å². The number of nitrogens with zero attached hydrogens (tertiary/aromatic N) is 2. The molecule has 2 rings (SSSR count). The Balaban J connectivity index is 0.00000450. The third-order valence-electron chi connectivity index (χ3n) is 4.36. The molecular formula is C20H28F3IN4O2. The van der Waals surface area contributed by atoms with E-state index in [1.165, 1.54) is 0 Å². The van der Waals surface area contributed by atoms with Gasteiger partial charge in [0.25, 0.3) is 0 Å². The predicted molar refractivity (Wildman–Crippen MR) is 121 cm³/mol. The largest absolute Gasteiger partial charge is 0.484 e. The molecule has 0 fully saturated rings. The van der Waals surface area contributed by atoms with Crippen LogP contribution in [0.4, 0.5) is 13.2 Å². The summed E-state index contributed by atoms with van der Waals surface area (Å²) in [5.74, 6) is 1.60. The second kappa shape index (κ2) is 12.0. The molecule has 1 heterocycles. The smallest absolute Gasteiger partial charge is 0.422 e. The van der Waals surface area contributed by atoms with Gasteiger partial charge in [-0.3, -0.25) is 4.99 Å². The van der Waals surface area contributed by atoms with Gasteiger partial charge in [-0.05, 0) is 45.2 Å². The number of hydrogen-bond donors (Lipinski definition) is 2. The van der Waals surface area contributed by atoms with Crippen LogP contribution in [0.3, 0.4) is 0 Å². The zero-order valence-corrected chi connectivity index (χ0v) is 19.9. The van der Waals surface area contributed by atoms with Gasteiger partial charge in [0.2, 0.25) is 0 Å². The second-order valence-electron chi connectivity index (χ2n) is 6.77. The predicted octanol–water partition coefficient (Wildman–Crippen LogP) is 4.46. The summed E-state index contributed by atoms with van der Waals surface area (Å²) in [6.45, 7) is 5.25. The zero-order chi connectivity index (χ0) is 21.4. The Morgan fingerprint density at radius 2 is 1.93 bits per heavy atom. The lowest BCUT2D eigenvalue weighted by Gasteiger charge is -2.16. The van der Waals surface area contributed by atoms with E-state index in [2.05, 4.69) is 20.8 Å². The van der Waals surface area contributed by atoms with Crippen molar-refractivity contribution >= 4 is 29.9 Å². The lowest BCUT2D eigenvalue weighted by atomic mass is 10.1. The molecule has 0 amide bonds. The molecule has 0 spiro atoms. The molecule has 0 bridgehead atoms. The van der Waals surface area contributed by atoms with Gasteiger partial charge < -0.3 is 19.9 Å². The second-order valence-corrected chi connectivity index (χ2v) is 6.77. The average Bonchev–Trinajstić information content (AvgIpc) is 2.98. The minimum absolute atomic E-state index is 0. The molecule has 168 valence electrons. The Morgan fingerprint density at radius 1 is 1.20 bits per heavy atom. The first kappa shape index (κ1) is 26.1. The molecule has 6 nitrogen and oxygen atoms in total. The van der Waals surface area contributed by atoms with Crippen LogP contribution in [-0.2, 0) is 13.0 Å². The molecule has 0 aliphatic carbocycles. The van der Waals surface area contributed by atoms with Gasteiger partial charge in [-0.2, -0.15) is 13.2 Å². The fraction of sp³-hybridized carbons (Fsp3) is 0.500. The number of aliphatic imine (C=N–C) groups is 1. The number of aromatic nitrogens is 1. The summed E-state index contributed by atoms with van der Waals surface area (Å²) in [5.41, 5.74) is 3.46. The third kappa shape index (κ3) is 8.41. The maximum Gasteiger partial charge on any atom is 0.422 e. The van der Waals surface area contributed by atoms with Gasteiger partial charge in [0.05, 0.1) is 5.69 Å². The summed E-state index contributed by atoms with van der Waals surface area (Å²) in [4.78, 5) is 4.15. The van der Waals surface area contributed by atoms with Gasteiger partial charge in [0.1, 0.15) is 11.5 Å². The normalized spacial score (nSPS) is 11.8. The van der Waals surface area contributed by atoms with E-state index >= 15 is 0 Å². The topological polar surface area (TPSA) is 71.7 Å². The lowest BCUT2D eigenvalue weighted by Crippen LogP contribution is -2.37. The Hall–Kier alpha value is -1.98. The fourth-order valence-electron chi connectivity index (χ4n) is 2.83. The number of halogens is 4. The number of ether oxygens (including phenoxy) is 1. The molecule has 0 unspecified atom stereocenters. The van der Waals surface area contributed by atoms with Crippen LogP contribution < -0.4 is 15.4 Å². The Bertz CT molecular complexity index is 818. The first-order valence-corrected chi connectivity index (χ1v) is 9.35. The molecule has 2 N–H and O–H groups in total. The van der Waals surface area contributed by atoms with E-state index < -0.39 is 12.8 Å². The summed E-state index contributed by atoms with van der Waals surface area (Å²) >= 11 is 0. The number of guanidine groups is 1. The van der Waals surface area contributed by atoms with E-state index in [9.17, 15) is 13.2 Å². The van der Waals surface area contributed by atoms with E-state index in [-0.39, 0.29) is 36.3 Å². The molecule has 0 saturated carbocycles. The minimum atomic E-state index is -4.38. The fourth-order valence-corrected chi connectivity index (χ4v) is 2.83. The zero-order valence-electron chi connectivity index (χ0n) is 17.5. The van der Waals surface area contributed by atoms with Crippen molar-refractivity contribution in [3.8, 4) is 5.75 Å². The summed E-state index contributed by atoms with van der Waals surface area (Å²) < 4.78 is 47.6. The number of hydrogen-bond acceptors (Lipinski definition) is 4. The molecule has 0 radical (unpaired) electrons. The quantitative estimate of drug-likeness (QED) is 0.224. The van der Waals surface area contributed by atoms with Crippen LogP contribution in [-0.4, -0.2) is 37.5 Å². The molecular weight excluding hydrogens is 512 g/mol. The van der Waals surface area contributed by atoms with Gasteiger partial charge in [-0.15, -0.1) is 24.0 Å². The van der Waals surface area contributed by atoms with Crippen molar-refractivity contribution in [2.45, 2.75) is 46.3 Å². The summed E-state index contributed by atoms with van der Waals surface area (Å²) in [7, 11) is 1.64. The Morgan fingerprint density at radius 3 is 2.53 bits per heavy atom. The van der Waals surface area contributed by atoms with Gasteiger partial charge >= 0.3 is 6.18 Å². The molecule has 2 aromatic rings. The highest BCUT2D eigenvalue weighted by Crippen LogP contribution is 2.23. The third-order valence-corrected chi connectivity index (χ3v) is 4.36. The summed E-state index contributed by atoms with van der Waals surface area (Å²) in [6, 6.07) is 5.18. The molecule has 10 heteroatoms. The first-order chi connectivity index (χ1) is 13.7. The average molecular weight is 540 g/mol. The number of aryl methyl sites for hydroxylation is 3. The number of rotatable bonds is 8. The maximum atomic E-state index is 12.5. The summed E-state index contributed by atoms with van der Waals surface area (Å²) in [5, 5.41) is 10.2. The molecule has 30 heavy (non-hydrogen) atoms. The maximum absolute atomic E-state index is 12.5. The van der Waals surface area contributed by atoms with Crippen molar-refractivity contribution < 1.29 is 22.4 Å². The van der Waals surface area contributed by atoms with Crippen molar-refractivity contribution in [2.24, 2.45) is 4.99 Å². The van der Waals surface area contributed by atoms with E-state index in [1.807, 2.05) is 19.9 Å². The SMILES string of the molecule is CN=C(NCCCc1c(C)noc1C)NCc1ccc(C)cc1OCC(F)(F)F.I. The molecule has 1 aromatic carbocycles. The highest BCUT2D eigenvalue weighted by atomic mass is 127. The summed E-state index contributed by atoms with van der Waals surface area (Å²) in [6.07, 6.45) is -2.69. The molecule has 0 aliphatic heterocycles.